The minimum absolute atomic E-state index is 0.0554. The van der Waals surface area contributed by atoms with E-state index in [0.29, 0.717) is 5.92 Å². The summed E-state index contributed by atoms with van der Waals surface area (Å²) < 4.78 is 5.58. The summed E-state index contributed by atoms with van der Waals surface area (Å²) in [5, 5.41) is 0. The smallest absolute Gasteiger partial charge is 0.0946 e. The van der Waals surface area contributed by atoms with Crippen molar-refractivity contribution in [3.8, 4) is 0 Å². The van der Waals surface area contributed by atoms with Crippen molar-refractivity contribution >= 4 is 0 Å². The van der Waals surface area contributed by atoms with Crippen LogP contribution in [0, 0.1) is 5.92 Å². The first-order valence-corrected chi connectivity index (χ1v) is 9.08. The van der Waals surface area contributed by atoms with Crippen LogP contribution in [0.15, 0.2) is 84.9 Å². The molecular weight excluding hydrogens is 306 g/mol. The van der Waals surface area contributed by atoms with Gasteiger partial charge in [0.2, 0.25) is 0 Å². The Morgan fingerprint density at radius 2 is 1.92 bits per heavy atom. The van der Waals surface area contributed by atoms with Gasteiger partial charge < -0.3 is 9.64 Å². The van der Waals surface area contributed by atoms with Crippen molar-refractivity contribution in [2.24, 2.45) is 5.92 Å². The van der Waals surface area contributed by atoms with Crippen LogP contribution in [-0.4, -0.2) is 18.1 Å². The zero-order chi connectivity index (χ0) is 19.2. The molecule has 1 rings (SSSR count). The van der Waals surface area contributed by atoms with Crippen molar-refractivity contribution < 1.29 is 4.74 Å². The highest BCUT2D eigenvalue weighted by Gasteiger charge is 2.21. The molecule has 0 aromatic carbocycles. The summed E-state index contributed by atoms with van der Waals surface area (Å²) in [5.74, 6) is 0.570. The molecule has 0 heterocycles. The van der Waals surface area contributed by atoms with E-state index in [1.807, 2.05) is 45.9 Å². The minimum Gasteiger partial charge on any atom is -0.376 e. The zero-order valence-electron chi connectivity index (χ0n) is 16.8. The predicted molar refractivity (Wildman–Crippen MR) is 112 cm³/mol. The SMILES string of the molecule is C=C/C=C(\C=C/C)N(C1=CCC(C)C=C1)/C(=C/C=C)C(C)OC.CC. The van der Waals surface area contributed by atoms with E-state index in [4.69, 9.17) is 4.74 Å². The second-order valence-electron chi connectivity index (χ2n) is 5.57. The van der Waals surface area contributed by atoms with Crippen LogP contribution < -0.4 is 0 Å². The van der Waals surface area contributed by atoms with Gasteiger partial charge in [0.1, 0.15) is 0 Å². The Kier molecular flexibility index (Phi) is 12.2. The fraction of sp³-hybridized carbons (Fsp3) is 0.391. The lowest BCUT2D eigenvalue weighted by Crippen LogP contribution is -2.28. The average molecular weight is 342 g/mol. The lowest BCUT2D eigenvalue weighted by molar-refractivity contribution is 0.129. The summed E-state index contributed by atoms with van der Waals surface area (Å²) in [7, 11) is 1.72. The van der Waals surface area contributed by atoms with Crippen molar-refractivity contribution in [1.82, 2.24) is 4.90 Å². The average Bonchev–Trinajstić information content (AvgIpc) is 2.64. The topological polar surface area (TPSA) is 12.5 Å². The Bertz CT molecular complexity index is 561. The van der Waals surface area contributed by atoms with Gasteiger partial charge in [0.25, 0.3) is 0 Å². The number of methoxy groups -OCH3 is 1. The molecule has 1 aliphatic carbocycles. The molecule has 0 radical (unpaired) electrons. The van der Waals surface area contributed by atoms with Gasteiger partial charge in [-0.1, -0.05) is 64.3 Å². The van der Waals surface area contributed by atoms with Crippen LogP contribution in [0.2, 0.25) is 0 Å². The van der Waals surface area contributed by atoms with Crippen LogP contribution >= 0.6 is 0 Å². The third-order valence-electron chi connectivity index (χ3n) is 3.75. The Balaban J connectivity index is 0.00000277. The van der Waals surface area contributed by atoms with Crippen LogP contribution in [-0.2, 0) is 4.74 Å². The summed E-state index contributed by atoms with van der Waals surface area (Å²) in [6, 6.07) is 0. The van der Waals surface area contributed by atoms with E-state index in [1.165, 1.54) is 0 Å². The molecule has 1 aliphatic rings. The molecule has 138 valence electrons. The molecule has 0 bridgehead atoms. The first-order valence-electron chi connectivity index (χ1n) is 9.08. The first-order chi connectivity index (χ1) is 12.1. The fourth-order valence-electron chi connectivity index (χ4n) is 2.46. The first kappa shape index (κ1) is 22.9. The summed E-state index contributed by atoms with van der Waals surface area (Å²) in [5.41, 5.74) is 3.23. The van der Waals surface area contributed by atoms with Crippen LogP contribution in [0.3, 0.4) is 0 Å². The van der Waals surface area contributed by atoms with Crippen LogP contribution in [0.25, 0.3) is 0 Å². The molecule has 0 amide bonds. The van der Waals surface area contributed by atoms with E-state index in [-0.39, 0.29) is 6.10 Å². The lowest BCUT2D eigenvalue weighted by Gasteiger charge is -2.33. The number of ether oxygens (including phenoxy) is 1. The van der Waals surface area contributed by atoms with Crippen LogP contribution in [0.4, 0.5) is 0 Å². The zero-order valence-corrected chi connectivity index (χ0v) is 16.8. The van der Waals surface area contributed by atoms with E-state index < -0.39 is 0 Å². The quantitative estimate of drug-likeness (QED) is 0.464. The molecular formula is C23H35NO. The maximum Gasteiger partial charge on any atom is 0.0946 e. The van der Waals surface area contributed by atoms with Crippen molar-refractivity contribution in [3.05, 3.63) is 84.9 Å². The summed E-state index contributed by atoms with van der Waals surface area (Å²) in [4.78, 5) is 2.21. The van der Waals surface area contributed by atoms with Gasteiger partial charge >= 0.3 is 0 Å². The molecule has 0 aromatic heterocycles. The number of rotatable bonds is 8. The Hall–Kier alpha value is -2.06. The largest absolute Gasteiger partial charge is 0.376 e. The molecule has 2 atom stereocenters. The monoisotopic (exact) mass is 341 g/mol. The maximum absolute atomic E-state index is 5.58. The van der Waals surface area contributed by atoms with Gasteiger partial charge in [0, 0.05) is 18.5 Å². The highest BCUT2D eigenvalue weighted by Crippen LogP contribution is 2.29. The number of hydrogen-bond acceptors (Lipinski definition) is 2. The Morgan fingerprint density at radius 3 is 2.36 bits per heavy atom. The lowest BCUT2D eigenvalue weighted by atomic mass is 10.00. The molecule has 0 spiro atoms. The summed E-state index contributed by atoms with van der Waals surface area (Å²) in [6.07, 6.45) is 19.4. The molecule has 0 aliphatic heterocycles. The van der Waals surface area contributed by atoms with Gasteiger partial charge in [-0.05, 0) is 50.5 Å². The second kappa shape index (κ2) is 13.3. The fourth-order valence-corrected chi connectivity index (χ4v) is 2.46. The normalized spacial score (nSPS) is 19.0. The molecule has 25 heavy (non-hydrogen) atoms. The van der Waals surface area contributed by atoms with E-state index >= 15 is 0 Å². The highest BCUT2D eigenvalue weighted by atomic mass is 16.5. The Labute approximate surface area is 155 Å². The van der Waals surface area contributed by atoms with Crippen molar-refractivity contribution in [3.63, 3.8) is 0 Å². The van der Waals surface area contributed by atoms with Gasteiger partial charge in [-0.2, -0.15) is 0 Å². The van der Waals surface area contributed by atoms with Gasteiger partial charge in [0.05, 0.1) is 11.8 Å². The van der Waals surface area contributed by atoms with E-state index in [0.717, 1.165) is 23.5 Å². The highest BCUT2D eigenvalue weighted by molar-refractivity contribution is 5.39. The molecule has 2 heteroatoms. The minimum atomic E-state index is -0.0554. The Morgan fingerprint density at radius 1 is 1.28 bits per heavy atom. The van der Waals surface area contributed by atoms with Gasteiger partial charge in [-0.15, -0.1) is 0 Å². The van der Waals surface area contributed by atoms with Gasteiger partial charge in [-0.25, -0.2) is 0 Å². The molecule has 0 saturated heterocycles. The molecule has 0 aromatic rings. The van der Waals surface area contributed by atoms with Crippen LogP contribution in [0.5, 0.6) is 0 Å². The number of nitrogens with zero attached hydrogens (tertiary/aromatic N) is 1. The van der Waals surface area contributed by atoms with Gasteiger partial charge in [-0.3, -0.25) is 0 Å². The number of allylic oxidation sites excluding steroid dienone is 9. The van der Waals surface area contributed by atoms with E-state index in [9.17, 15) is 0 Å². The second-order valence-corrected chi connectivity index (χ2v) is 5.57. The van der Waals surface area contributed by atoms with Crippen LogP contribution in [0.1, 0.15) is 41.0 Å². The van der Waals surface area contributed by atoms with E-state index in [2.05, 4.69) is 49.3 Å². The summed E-state index contributed by atoms with van der Waals surface area (Å²) >= 11 is 0. The predicted octanol–water partition coefficient (Wildman–Crippen LogP) is 6.55. The van der Waals surface area contributed by atoms with E-state index in [1.54, 1.807) is 19.3 Å². The molecule has 0 saturated carbocycles. The van der Waals surface area contributed by atoms with Crippen molar-refractivity contribution in [1.29, 1.82) is 0 Å². The summed E-state index contributed by atoms with van der Waals surface area (Å²) in [6.45, 7) is 18.0. The third kappa shape index (κ3) is 7.15. The number of hydrogen-bond donors (Lipinski definition) is 0. The standard InChI is InChI=1S/C21H29NO.C2H6/c1-7-10-19(11-8-2)22(20-15-13-17(4)14-16-20)21(12-9-3)18(5)23-6;1-2/h7-13,15-18H,1,3,14H2,2,4-6H3;1-2H3/b11-8-,19-10+,21-12+;. The third-order valence-corrected chi connectivity index (χ3v) is 3.75. The van der Waals surface area contributed by atoms with Gasteiger partial charge in [0.15, 0.2) is 0 Å². The maximum atomic E-state index is 5.58. The molecule has 2 nitrogen and oxygen atoms in total. The van der Waals surface area contributed by atoms with Crippen molar-refractivity contribution in [2.75, 3.05) is 7.11 Å². The molecule has 2 unspecified atom stereocenters. The molecule has 0 fully saturated rings. The molecule has 0 N–H and O–H groups in total. The van der Waals surface area contributed by atoms with Crippen molar-refractivity contribution in [2.45, 2.75) is 47.1 Å².